The molecule has 0 N–H and O–H groups in total. The zero-order valence-electron chi connectivity index (χ0n) is 18.9. The zero-order valence-corrected chi connectivity index (χ0v) is 18.9. The Balaban J connectivity index is 1.87. The molecule has 1 heterocycles. The fraction of sp³-hybridized carbons (Fsp3) is 0.423. The van der Waals surface area contributed by atoms with E-state index in [1.54, 1.807) is 18.7 Å². The summed E-state index contributed by atoms with van der Waals surface area (Å²) in [6.07, 6.45) is 6.98. The van der Waals surface area contributed by atoms with E-state index in [1.807, 2.05) is 48.5 Å². The van der Waals surface area contributed by atoms with Crippen molar-refractivity contribution in [3.8, 4) is 17.2 Å². The van der Waals surface area contributed by atoms with E-state index < -0.39 is 0 Å². The number of unbranched alkanes of at least 4 members (excludes halogenated alkanes) is 5. The maximum Gasteiger partial charge on any atom is 0.297 e. The summed E-state index contributed by atoms with van der Waals surface area (Å²) >= 11 is 0. The average molecular weight is 424 g/mol. The third-order valence-electron chi connectivity index (χ3n) is 5.49. The monoisotopic (exact) mass is 423 g/mol. The number of hydrogen-bond acceptors (Lipinski definition) is 4. The van der Waals surface area contributed by atoms with Gasteiger partial charge in [0.15, 0.2) is 5.75 Å². The first-order valence-corrected chi connectivity index (χ1v) is 11.2. The molecule has 1 aromatic heterocycles. The van der Waals surface area contributed by atoms with Gasteiger partial charge in [-0.05, 0) is 24.1 Å². The molecule has 0 aliphatic rings. The lowest BCUT2D eigenvalue weighted by Crippen LogP contribution is -2.21. The van der Waals surface area contributed by atoms with Crippen LogP contribution in [0.5, 0.6) is 17.2 Å². The van der Waals surface area contributed by atoms with Crippen LogP contribution in [0.3, 0.4) is 0 Å². The third-order valence-corrected chi connectivity index (χ3v) is 5.49. The first kappa shape index (κ1) is 22.7. The van der Waals surface area contributed by atoms with Crippen LogP contribution >= 0.6 is 0 Å². The van der Waals surface area contributed by atoms with Crippen molar-refractivity contribution in [1.29, 1.82) is 0 Å². The lowest BCUT2D eigenvalue weighted by Gasteiger charge is -2.17. The maximum absolute atomic E-state index is 13.1. The van der Waals surface area contributed by atoms with E-state index in [-0.39, 0.29) is 11.3 Å². The number of nitrogens with zero attached hydrogens (tertiary/aromatic N) is 1. The number of benzene rings is 2. The first-order valence-electron chi connectivity index (χ1n) is 11.2. The van der Waals surface area contributed by atoms with Gasteiger partial charge in [-0.25, -0.2) is 0 Å². The van der Waals surface area contributed by atoms with Gasteiger partial charge in [0.25, 0.3) is 5.56 Å². The van der Waals surface area contributed by atoms with E-state index >= 15 is 0 Å². The molecule has 5 nitrogen and oxygen atoms in total. The minimum Gasteiger partial charge on any atom is -0.497 e. The smallest absolute Gasteiger partial charge is 0.297 e. The van der Waals surface area contributed by atoms with Crippen LogP contribution in [0, 0.1) is 0 Å². The largest absolute Gasteiger partial charge is 0.497 e. The Kier molecular flexibility index (Phi) is 8.39. The Morgan fingerprint density at radius 3 is 2.35 bits per heavy atom. The van der Waals surface area contributed by atoms with Crippen LogP contribution < -0.4 is 19.8 Å². The van der Waals surface area contributed by atoms with Gasteiger partial charge in [-0.2, -0.15) is 0 Å². The number of aryl methyl sites for hydroxylation is 1. The SMILES string of the molecule is CCCCCCCCOc1c(OCc2ccccc2)c2ccc(OC)cc2n(C)c1=O. The molecule has 0 aliphatic heterocycles. The molecule has 0 saturated heterocycles. The van der Waals surface area contributed by atoms with Gasteiger partial charge in [0.1, 0.15) is 12.4 Å². The topological polar surface area (TPSA) is 49.7 Å². The molecule has 0 atom stereocenters. The lowest BCUT2D eigenvalue weighted by atomic mass is 10.1. The van der Waals surface area contributed by atoms with Gasteiger partial charge >= 0.3 is 0 Å². The van der Waals surface area contributed by atoms with E-state index in [2.05, 4.69) is 6.92 Å². The van der Waals surface area contributed by atoms with Crippen molar-refractivity contribution in [2.45, 2.75) is 52.1 Å². The third kappa shape index (κ3) is 5.81. The molecule has 31 heavy (non-hydrogen) atoms. The second kappa shape index (κ2) is 11.4. The van der Waals surface area contributed by atoms with Gasteiger partial charge in [-0.1, -0.05) is 69.4 Å². The summed E-state index contributed by atoms with van der Waals surface area (Å²) < 4.78 is 19.1. The normalized spacial score (nSPS) is 10.9. The molecule has 5 heteroatoms. The van der Waals surface area contributed by atoms with Gasteiger partial charge in [-0.15, -0.1) is 0 Å². The van der Waals surface area contributed by atoms with Gasteiger partial charge in [0.05, 0.1) is 19.2 Å². The Bertz CT molecular complexity index is 1030. The fourth-order valence-corrected chi connectivity index (χ4v) is 3.65. The summed E-state index contributed by atoms with van der Waals surface area (Å²) in [6, 6.07) is 15.6. The molecule has 0 amide bonds. The number of pyridine rings is 1. The van der Waals surface area contributed by atoms with Crippen LogP contribution in [0.1, 0.15) is 51.0 Å². The molecule has 0 unspecified atom stereocenters. The van der Waals surface area contributed by atoms with Crippen molar-refractivity contribution in [3.05, 3.63) is 64.4 Å². The van der Waals surface area contributed by atoms with Crippen LogP contribution in [0.15, 0.2) is 53.3 Å². The van der Waals surface area contributed by atoms with E-state index in [9.17, 15) is 4.79 Å². The summed E-state index contributed by atoms with van der Waals surface area (Å²) in [5.41, 5.74) is 1.58. The highest BCUT2D eigenvalue weighted by Crippen LogP contribution is 2.35. The molecule has 3 rings (SSSR count). The molecule has 2 aromatic carbocycles. The Labute approximate surface area is 184 Å². The molecule has 0 fully saturated rings. The Morgan fingerprint density at radius 1 is 0.871 bits per heavy atom. The Hall–Kier alpha value is -2.95. The average Bonchev–Trinajstić information content (AvgIpc) is 2.81. The van der Waals surface area contributed by atoms with E-state index in [0.29, 0.717) is 24.7 Å². The molecule has 166 valence electrons. The fourth-order valence-electron chi connectivity index (χ4n) is 3.65. The number of fused-ring (bicyclic) bond motifs is 1. The number of methoxy groups -OCH3 is 1. The molecule has 0 spiro atoms. The minimum atomic E-state index is -0.199. The highest BCUT2D eigenvalue weighted by atomic mass is 16.5. The van der Waals surface area contributed by atoms with Crippen molar-refractivity contribution in [2.24, 2.45) is 7.05 Å². The maximum atomic E-state index is 13.1. The molecular weight excluding hydrogens is 390 g/mol. The summed E-state index contributed by atoms with van der Waals surface area (Å²) in [4.78, 5) is 13.1. The van der Waals surface area contributed by atoms with E-state index in [0.717, 1.165) is 29.3 Å². The minimum absolute atomic E-state index is 0.199. The Morgan fingerprint density at radius 2 is 1.61 bits per heavy atom. The molecule has 0 bridgehead atoms. The van der Waals surface area contributed by atoms with Crippen LogP contribution in [0.4, 0.5) is 0 Å². The van der Waals surface area contributed by atoms with Gasteiger partial charge in [-0.3, -0.25) is 4.79 Å². The van der Waals surface area contributed by atoms with E-state index in [1.165, 1.54) is 25.7 Å². The molecule has 0 saturated carbocycles. The highest BCUT2D eigenvalue weighted by molar-refractivity contribution is 5.89. The highest BCUT2D eigenvalue weighted by Gasteiger charge is 2.19. The van der Waals surface area contributed by atoms with Crippen LogP contribution in [0.2, 0.25) is 0 Å². The predicted octanol–water partition coefficient (Wildman–Crippen LogP) is 5.87. The lowest BCUT2D eigenvalue weighted by molar-refractivity contribution is 0.255. The van der Waals surface area contributed by atoms with Gasteiger partial charge in [0, 0.05) is 18.5 Å². The van der Waals surface area contributed by atoms with E-state index in [4.69, 9.17) is 14.2 Å². The second-order valence-electron chi connectivity index (χ2n) is 7.80. The second-order valence-corrected chi connectivity index (χ2v) is 7.80. The van der Waals surface area contributed by atoms with Crippen LogP contribution in [0.25, 0.3) is 10.9 Å². The van der Waals surface area contributed by atoms with Crippen molar-refractivity contribution < 1.29 is 14.2 Å². The molecule has 3 aromatic rings. The zero-order chi connectivity index (χ0) is 22.1. The summed E-state index contributed by atoms with van der Waals surface area (Å²) in [7, 11) is 3.37. The number of hydrogen-bond donors (Lipinski definition) is 0. The summed E-state index contributed by atoms with van der Waals surface area (Å²) in [5.74, 6) is 1.47. The number of aromatic nitrogens is 1. The van der Waals surface area contributed by atoms with Crippen LogP contribution in [-0.4, -0.2) is 18.3 Å². The van der Waals surface area contributed by atoms with Crippen molar-refractivity contribution in [3.63, 3.8) is 0 Å². The van der Waals surface area contributed by atoms with Crippen LogP contribution in [-0.2, 0) is 13.7 Å². The first-order chi connectivity index (χ1) is 15.2. The molecule has 0 radical (unpaired) electrons. The van der Waals surface area contributed by atoms with Crippen molar-refractivity contribution >= 4 is 10.9 Å². The van der Waals surface area contributed by atoms with Gasteiger partial charge in [0.2, 0.25) is 5.75 Å². The molecular formula is C26H33NO4. The molecule has 0 aliphatic carbocycles. The van der Waals surface area contributed by atoms with Gasteiger partial charge < -0.3 is 18.8 Å². The number of rotatable bonds is 12. The van der Waals surface area contributed by atoms with Crippen molar-refractivity contribution in [1.82, 2.24) is 4.57 Å². The van der Waals surface area contributed by atoms with Crippen molar-refractivity contribution in [2.75, 3.05) is 13.7 Å². The quantitative estimate of drug-likeness (QED) is 0.342. The predicted molar refractivity (Wildman–Crippen MR) is 125 cm³/mol. The number of ether oxygens (including phenoxy) is 3. The standard InChI is InChI=1S/C26H33NO4/c1-4-5-6-7-8-12-17-30-25-24(31-19-20-13-10-9-11-14-20)22-16-15-21(29-3)18-23(22)27(2)26(25)28/h9-11,13-16,18H,4-8,12,17,19H2,1-3H3. The summed E-state index contributed by atoms with van der Waals surface area (Å²) in [5, 5.41) is 0.830. The summed E-state index contributed by atoms with van der Waals surface area (Å²) in [6.45, 7) is 3.08.